The van der Waals surface area contributed by atoms with E-state index in [0.29, 0.717) is 11.5 Å². The SMILES string of the molecule is CN=C(NN)c1ncccc1Br. The van der Waals surface area contributed by atoms with Crippen LogP contribution in [0.3, 0.4) is 0 Å². The molecule has 0 unspecified atom stereocenters. The van der Waals surface area contributed by atoms with E-state index in [-0.39, 0.29) is 0 Å². The van der Waals surface area contributed by atoms with Crippen molar-refractivity contribution in [3.63, 3.8) is 0 Å². The van der Waals surface area contributed by atoms with Gasteiger partial charge in [0.05, 0.1) is 0 Å². The Morgan fingerprint density at radius 2 is 2.50 bits per heavy atom. The molecule has 0 atom stereocenters. The Kier molecular flexibility index (Phi) is 3.19. The predicted octanol–water partition coefficient (Wildman–Crippen LogP) is 0.684. The Hall–Kier alpha value is -0.940. The van der Waals surface area contributed by atoms with Crippen molar-refractivity contribution in [3.05, 3.63) is 28.5 Å². The predicted molar refractivity (Wildman–Crippen MR) is 51.7 cm³/mol. The number of aromatic nitrogens is 1. The number of aliphatic imine (C=N–C) groups is 1. The lowest BCUT2D eigenvalue weighted by atomic mass is 10.3. The van der Waals surface area contributed by atoms with Gasteiger partial charge in [-0.2, -0.15) is 0 Å². The summed E-state index contributed by atoms with van der Waals surface area (Å²) in [5.74, 6) is 5.80. The van der Waals surface area contributed by atoms with Crippen molar-refractivity contribution in [2.45, 2.75) is 0 Å². The van der Waals surface area contributed by atoms with Crippen LogP contribution in [-0.2, 0) is 0 Å². The first-order valence-corrected chi connectivity index (χ1v) is 4.13. The first-order chi connectivity index (χ1) is 5.79. The molecule has 12 heavy (non-hydrogen) atoms. The Bertz CT molecular complexity index is 297. The van der Waals surface area contributed by atoms with Crippen LogP contribution in [0.2, 0.25) is 0 Å². The number of nitrogens with two attached hydrogens (primary N) is 1. The molecule has 0 spiro atoms. The van der Waals surface area contributed by atoms with Crippen LogP contribution in [0.25, 0.3) is 0 Å². The largest absolute Gasteiger partial charge is 0.307 e. The van der Waals surface area contributed by atoms with Gasteiger partial charge in [-0.05, 0) is 28.1 Å². The first-order valence-electron chi connectivity index (χ1n) is 3.34. The molecule has 0 amide bonds. The zero-order chi connectivity index (χ0) is 8.97. The first kappa shape index (κ1) is 9.15. The van der Waals surface area contributed by atoms with Crippen molar-refractivity contribution >= 4 is 21.8 Å². The van der Waals surface area contributed by atoms with Gasteiger partial charge in [-0.1, -0.05) is 0 Å². The average Bonchev–Trinajstić information content (AvgIpc) is 2.10. The van der Waals surface area contributed by atoms with E-state index >= 15 is 0 Å². The number of hydrazine groups is 1. The highest BCUT2D eigenvalue weighted by Crippen LogP contribution is 2.12. The fourth-order valence-corrected chi connectivity index (χ4v) is 1.24. The lowest BCUT2D eigenvalue weighted by Crippen LogP contribution is -2.31. The van der Waals surface area contributed by atoms with Crippen LogP contribution in [0.15, 0.2) is 27.8 Å². The third-order valence-electron chi connectivity index (χ3n) is 1.34. The number of halogens is 1. The number of pyridine rings is 1. The summed E-state index contributed by atoms with van der Waals surface area (Å²) in [4.78, 5) is 8.03. The molecule has 1 rings (SSSR count). The summed E-state index contributed by atoms with van der Waals surface area (Å²) in [6.07, 6.45) is 1.68. The minimum atomic E-state index is 0.558. The third-order valence-corrected chi connectivity index (χ3v) is 1.98. The van der Waals surface area contributed by atoms with E-state index in [0.717, 1.165) is 4.47 Å². The smallest absolute Gasteiger partial charge is 0.162 e. The van der Waals surface area contributed by atoms with Gasteiger partial charge in [-0.25, -0.2) is 5.84 Å². The molecule has 5 heteroatoms. The Labute approximate surface area is 79.0 Å². The second-order valence-electron chi connectivity index (χ2n) is 2.05. The molecule has 0 radical (unpaired) electrons. The van der Waals surface area contributed by atoms with Gasteiger partial charge in [0.2, 0.25) is 0 Å². The van der Waals surface area contributed by atoms with Gasteiger partial charge in [0.25, 0.3) is 0 Å². The molecular formula is C7H9BrN4. The van der Waals surface area contributed by atoms with E-state index in [1.165, 1.54) is 0 Å². The van der Waals surface area contributed by atoms with E-state index in [2.05, 4.69) is 31.3 Å². The number of hydrogen-bond acceptors (Lipinski definition) is 3. The maximum atomic E-state index is 5.24. The molecule has 3 N–H and O–H groups in total. The molecule has 0 aliphatic carbocycles. The molecule has 0 aromatic carbocycles. The van der Waals surface area contributed by atoms with Crippen LogP contribution in [0.1, 0.15) is 5.69 Å². The highest BCUT2D eigenvalue weighted by Gasteiger charge is 2.05. The van der Waals surface area contributed by atoms with Crippen LogP contribution in [0.5, 0.6) is 0 Å². The summed E-state index contributed by atoms with van der Waals surface area (Å²) < 4.78 is 0.864. The molecule has 1 aromatic heterocycles. The molecule has 0 aliphatic rings. The average molecular weight is 229 g/mol. The van der Waals surface area contributed by atoms with Crippen LogP contribution in [0, 0.1) is 0 Å². The maximum Gasteiger partial charge on any atom is 0.162 e. The van der Waals surface area contributed by atoms with Crippen LogP contribution in [0.4, 0.5) is 0 Å². The van der Waals surface area contributed by atoms with Gasteiger partial charge in [-0.15, -0.1) is 0 Å². The van der Waals surface area contributed by atoms with Crippen LogP contribution in [-0.4, -0.2) is 17.9 Å². The lowest BCUT2D eigenvalue weighted by Gasteiger charge is -2.04. The molecule has 0 bridgehead atoms. The molecule has 0 saturated carbocycles. The van der Waals surface area contributed by atoms with Gasteiger partial charge in [0.15, 0.2) is 5.84 Å². The molecule has 4 nitrogen and oxygen atoms in total. The highest BCUT2D eigenvalue weighted by molar-refractivity contribution is 9.10. The van der Waals surface area contributed by atoms with Gasteiger partial charge >= 0.3 is 0 Å². The van der Waals surface area contributed by atoms with Gasteiger partial charge in [0, 0.05) is 17.7 Å². The van der Waals surface area contributed by atoms with E-state index in [9.17, 15) is 0 Å². The Morgan fingerprint density at radius 1 is 1.75 bits per heavy atom. The van der Waals surface area contributed by atoms with Crippen molar-refractivity contribution in [3.8, 4) is 0 Å². The summed E-state index contributed by atoms with van der Waals surface area (Å²) >= 11 is 3.34. The van der Waals surface area contributed by atoms with E-state index in [1.807, 2.05) is 12.1 Å². The quantitative estimate of drug-likeness (QED) is 0.322. The Balaban J connectivity index is 3.10. The number of hydrogen-bond donors (Lipinski definition) is 2. The van der Waals surface area contributed by atoms with Crippen molar-refractivity contribution in [2.24, 2.45) is 10.8 Å². The fraction of sp³-hybridized carbons (Fsp3) is 0.143. The summed E-state index contributed by atoms with van der Waals surface area (Å²) in [7, 11) is 1.65. The van der Waals surface area contributed by atoms with E-state index < -0.39 is 0 Å². The van der Waals surface area contributed by atoms with Crippen molar-refractivity contribution in [1.82, 2.24) is 10.4 Å². The topological polar surface area (TPSA) is 63.3 Å². The Morgan fingerprint density at radius 3 is 3.00 bits per heavy atom. The zero-order valence-corrected chi connectivity index (χ0v) is 8.17. The molecule has 64 valence electrons. The minimum absolute atomic E-state index is 0.558. The lowest BCUT2D eigenvalue weighted by molar-refractivity contribution is 1.00. The van der Waals surface area contributed by atoms with E-state index in [1.54, 1.807) is 13.2 Å². The van der Waals surface area contributed by atoms with Crippen molar-refractivity contribution in [2.75, 3.05) is 7.05 Å². The van der Waals surface area contributed by atoms with Gasteiger partial charge in [-0.3, -0.25) is 9.98 Å². The van der Waals surface area contributed by atoms with Crippen molar-refractivity contribution in [1.29, 1.82) is 0 Å². The van der Waals surface area contributed by atoms with Gasteiger partial charge < -0.3 is 5.43 Å². The monoisotopic (exact) mass is 228 g/mol. The summed E-state index contributed by atoms with van der Waals surface area (Å²) in [6, 6.07) is 3.71. The molecule has 1 aromatic rings. The van der Waals surface area contributed by atoms with Crippen molar-refractivity contribution < 1.29 is 0 Å². The number of nitrogens with one attached hydrogen (secondary N) is 1. The second kappa shape index (κ2) is 4.18. The third kappa shape index (κ3) is 1.80. The van der Waals surface area contributed by atoms with Crippen LogP contribution < -0.4 is 11.3 Å². The van der Waals surface area contributed by atoms with Crippen LogP contribution >= 0.6 is 15.9 Å². The number of rotatable bonds is 1. The van der Waals surface area contributed by atoms with E-state index in [4.69, 9.17) is 5.84 Å². The number of amidine groups is 1. The minimum Gasteiger partial charge on any atom is -0.307 e. The summed E-state index contributed by atoms with van der Waals surface area (Å²) in [6.45, 7) is 0. The zero-order valence-electron chi connectivity index (χ0n) is 6.58. The molecule has 0 saturated heterocycles. The summed E-state index contributed by atoms with van der Waals surface area (Å²) in [5.41, 5.74) is 3.18. The highest BCUT2D eigenvalue weighted by atomic mass is 79.9. The van der Waals surface area contributed by atoms with Gasteiger partial charge in [0.1, 0.15) is 5.69 Å². The molecule has 1 heterocycles. The second-order valence-corrected chi connectivity index (χ2v) is 2.90. The fourth-order valence-electron chi connectivity index (χ4n) is 0.799. The molecule has 0 fully saturated rings. The standard InChI is InChI=1S/C7H9BrN4/c1-10-7(12-9)6-5(8)3-2-4-11-6/h2-4H,9H2,1H3,(H,10,12). The normalized spacial score (nSPS) is 11.4. The molecular weight excluding hydrogens is 220 g/mol. The number of nitrogens with zero attached hydrogens (tertiary/aromatic N) is 2. The molecule has 0 aliphatic heterocycles. The summed E-state index contributed by atoms with van der Waals surface area (Å²) in [5, 5.41) is 0. The maximum absolute atomic E-state index is 5.24.